The van der Waals surface area contributed by atoms with E-state index in [2.05, 4.69) is 28.2 Å². The second kappa shape index (κ2) is 6.42. The van der Waals surface area contributed by atoms with Gasteiger partial charge in [-0.3, -0.25) is 0 Å². The topological polar surface area (TPSA) is 41.1 Å². The Morgan fingerprint density at radius 2 is 1.70 bits per heavy atom. The van der Waals surface area contributed by atoms with Crippen LogP contribution in [0.25, 0.3) is 0 Å². The van der Waals surface area contributed by atoms with E-state index in [9.17, 15) is 0 Å². The third-order valence-electron chi connectivity index (χ3n) is 4.46. The van der Waals surface area contributed by atoms with Crippen LogP contribution in [0.15, 0.2) is 6.07 Å². The lowest BCUT2D eigenvalue weighted by Crippen LogP contribution is -2.26. The molecule has 1 aliphatic carbocycles. The molecule has 1 N–H and O–H groups in total. The Morgan fingerprint density at radius 1 is 1.00 bits per heavy atom. The van der Waals surface area contributed by atoms with Gasteiger partial charge in [0.1, 0.15) is 5.82 Å². The molecule has 0 radical (unpaired) electrons. The molecule has 3 rings (SSSR count). The highest BCUT2D eigenvalue weighted by Gasteiger charge is 2.17. The Morgan fingerprint density at radius 3 is 2.40 bits per heavy atom. The fourth-order valence-corrected chi connectivity index (χ4v) is 3.33. The molecule has 0 spiro atoms. The van der Waals surface area contributed by atoms with Gasteiger partial charge in [0.15, 0.2) is 0 Å². The van der Waals surface area contributed by atoms with Crippen LogP contribution in [0.1, 0.15) is 57.1 Å². The molecule has 0 bridgehead atoms. The van der Waals surface area contributed by atoms with Gasteiger partial charge in [-0.15, -0.1) is 0 Å². The third kappa shape index (κ3) is 3.41. The van der Waals surface area contributed by atoms with Crippen molar-refractivity contribution in [2.75, 3.05) is 23.3 Å². The molecule has 20 heavy (non-hydrogen) atoms. The number of anilines is 2. The summed E-state index contributed by atoms with van der Waals surface area (Å²) in [6.45, 7) is 4.35. The van der Waals surface area contributed by atoms with Gasteiger partial charge >= 0.3 is 0 Å². The lowest BCUT2D eigenvalue weighted by atomic mass is 10.2. The predicted octanol–water partition coefficient (Wildman–Crippen LogP) is 3.52. The van der Waals surface area contributed by atoms with Crippen LogP contribution in [0.5, 0.6) is 0 Å². The molecule has 1 aromatic heterocycles. The third-order valence-corrected chi connectivity index (χ3v) is 4.46. The average Bonchev–Trinajstić information content (AvgIpc) is 2.78. The van der Waals surface area contributed by atoms with Crippen molar-refractivity contribution < 1.29 is 0 Å². The van der Waals surface area contributed by atoms with E-state index in [4.69, 9.17) is 4.98 Å². The second-order valence-electron chi connectivity index (χ2n) is 6.22. The molecule has 1 saturated heterocycles. The largest absolute Gasteiger partial charge is 0.356 e. The minimum absolute atomic E-state index is 0.578. The zero-order valence-electron chi connectivity index (χ0n) is 12.6. The van der Waals surface area contributed by atoms with Crippen LogP contribution in [-0.4, -0.2) is 29.1 Å². The van der Waals surface area contributed by atoms with Crippen LogP contribution >= 0.6 is 0 Å². The number of nitrogens with zero attached hydrogens (tertiary/aromatic N) is 3. The lowest BCUT2D eigenvalue weighted by Gasteiger charge is -2.22. The van der Waals surface area contributed by atoms with Crippen molar-refractivity contribution in [1.29, 1.82) is 0 Å². The molecule has 1 aliphatic heterocycles. The zero-order chi connectivity index (χ0) is 13.8. The summed E-state index contributed by atoms with van der Waals surface area (Å²) in [4.78, 5) is 11.8. The van der Waals surface area contributed by atoms with Gasteiger partial charge < -0.3 is 10.2 Å². The first-order valence-electron chi connectivity index (χ1n) is 8.18. The van der Waals surface area contributed by atoms with Gasteiger partial charge in [0.2, 0.25) is 5.95 Å². The maximum absolute atomic E-state index is 4.77. The zero-order valence-corrected chi connectivity index (χ0v) is 12.6. The average molecular weight is 274 g/mol. The summed E-state index contributed by atoms with van der Waals surface area (Å²) in [5.74, 6) is 1.94. The number of aryl methyl sites for hydroxylation is 1. The molecule has 4 nitrogen and oxygen atoms in total. The maximum atomic E-state index is 4.77. The molecule has 0 amide bonds. The Hall–Kier alpha value is -1.32. The second-order valence-corrected chi connectivity index (χ2v) is 6.22. The van der Waals surface area contributed by atoms with Crippen LogP contribution in [-0.2, 0) is 0 Å². The van der Waals surface area contributed by atoms with E-state index in [0.29, 0.717) is 6.04 Å². The summed E-state index contributed by atoms with van der Waals surface area (Å²) >= 11 is 0. The number of hydrogen-bond donors (Lipinski definition) is 1. The summed E-state index contributed by atoms with van der Waals surface area (Å²) in [6.07, 6.45) is 10.5. The molecule has 1 aromatic rings. The van der Waals surface area contributed by atoms with Crippen LogP contribution in [0, 0.1) is 6.92 Å². The Balaban J connectivity index is 1.74. The van der Waals surface area contributed by atoms with E-state index in [1.165, 1.54) is 51.4 Å². The molecule has 110 valence electrons. The van der Waals surface area contributed by atoms with Crippen molar-refractivity contribution in [3.05, 3.63) is 11.8 Å². The molecule has 2 aliphatic rings. The molecule has 2 fully saturated rings. The van der Waals surface area contributed by atoms with Crippen LogP contribution in [0.4, 0.5) is 11.8 Å². The minimum atomic E-state index is 0.578. The van der Waals surface area contributed by atoms with Crippen molar-refractivity contribution >= 4 is 11.8 Å². The fraction of sp³-hybridized carbons (Fsp3) is 0.750. The van der Waals surface area contributed by atoms with E-state index < -0.39 is 0 Å². The number of rotatable bonds is 3. The first-order chi connectivity index (χ1) is 9.81. The highest BCUT2D eigenvalue weighted by molar-refractivity contribution is 5.45. The molecular formula is C16H26N4. The van der Waals surface area contributed by atoms with Crippen molar-refractivity contribution in [2.24, 2.45) is 0 Å². The van der Waals surface area contributed by atoms with Gasteiger partial charge in [-0.05, 0) is 32.6 Å². The van der Waals surface area contributed by atoms with Crippen molar-refractivity contribution in [2.45, 2.75) is 64.3 Å². The lowest BCUT2D eigenvalue weighted by molar-refractivity contribution is 0.726. The van der Waals surface area contributed by atoms with Crippen LogP contribution < -0.4 is 10.2 Å². The molecule has 1 saturated carbocycles. The predicted molar refractivity (Wildman–Crippen MR) is 83.3 cm³/mol. The van der Waals surface area contributed by atoms with E-state index in [1.807, 2.05) is 0 Å². The molecule has 2 heterocycles. The van der Waals surface area contributed by atoms with Gasteiger partial charge in [-0.2, -0.15) is 4.98 Å². The van der Waals surface area contributed by atoms with E-state index in [-0.39, 0.29) is 0 Å². The van der Waals surface area contributed by atoms with Gasteiger partial charge in [0, 0.05) is 30.9 Å². The van der Waals surface area contributed by atoms with E-state index in [1.54, 1.807) is 0 Å². The SMILES string of the molecule is Cc1cc(N2CCCCCC2)nc(NC2CCCC2)n1. The Bertz CT molecular complexity index is 432. The Labute approximate surface area is 122 Å². The molecule has 0 atom stereocenters. The summed E-state index contributed by atoms with van der Waals surface area (Å²) in [6, 6.07) is 2.71. The smallest absolute Gasteiger partial charge is 0.225 e. The number of hydrogen-bond acceptors (Lipinski definition) is 4. The normalized spacial score (nSPS) is 20.9. The Kier molecular flexibility index (Phi) is 4.38. The molecule has 0 unspecified atom stereocenters. The fourth-order valence-electron chi connectivity index (χ4n) is 3.33. The van der Waals surface area contributed by atoms with Crippen LogP contribution in [0.2, 0.25) is 0 Å². The number of aromatic nitrogens is 2. The van der Waals surface area contributed by atoms with Gasteiger partial charge in [-0.25, -0.2) is 4.98 Å². The van der Waals surface area contributed by atoms with E-state index >= 15 is 0 Å². The molecular weight excluding hydrogens is 248 g/mol. The first kappa shape index (κ1) is 13.7. The summed E-state index contributed by atoms with van der Waals surface area (Å²) in [5, 5.41) is 3.53. The highest BCUT2D eigenvalue weighted by atomic mass is 15.2. The molecule has 4 heteroatoms. The van der Waals surface area contributed by atoms with Crippen LogP contribution in [0.3, 0.4) is 0 Å². The van der Waals surface area contributed by atoms with Crippen molar-refractivity contribution in [1.82, 2.24) is 9.97 Å². The summed E-state index contributed by atoms with van der Waals surface area (Å²) < 4.78 is 0. The van der Waals surface area contributed by atoms with Gasteiger partial charge in [-0.1, -0.05) is 25.7 Å². The van der Waals surface area contributed by atoms with Gasteiger partial charge in [0.05, 0.1) is 0 Å². The van der Waals surface area contributed by atoms with E-state index in [0.717, 1.165) is 30.5 Å². The van der Waals surface area contributed by atoms with Crippen molar-refractivity contribution in [3.63, 3.8) is 0 Å². The first-order valence-corrected chi connectivity index (χ1v) is 8.18. The maximum Gasteiger partial charge on any atom is 0.225 e. The van der Waals surface area contributed by atoms with Gasteiger partial charge in [0.25, 0.3) is 0 Å². The monoisotopic (exact) mass is 274 g/mol. The van der Waals surface area contributed by atoms with Crippen molar-refractivity contribution in [3.8, 4) is 0 Å². The highest BCUT2D eigenvalue weighted by Crippen LogP contribution is 2.23. The summed E-state index contributed by atoms with van der Waals surface area (Å²) in [7, 11) is 0. The standard InChI is InChI=1S/C16H26N4/c1-13-12-15(20-10-6-2-3-7-11-20)19-16(17-13)18-14-8-4-5-9-14/h12,14H,2-11H2,1H3,(H,17,18,19). The minimum Gasteiger partial charge on any atom is -0.356 e. The number of nitrogens with one attached hydrogen (secondary N) is 1. The quantitative estimate of drug-likeness (QED) is 0.915. The summed E-state index contributed by atoms with van der Waals surface area (Å²) in [5.41, 5.74) is 1.07. The molecule has 0 aromatic carbocycles.